The Kier molecular flexibility index (Phi) is 7.12. The number of nitrogens with one attached hydrogen (secondary N) is 1. The number of hydrogen-bond acceptors (Lipinski definition) is 3. The lowest BCUT2D eigenvalue weighted by atomic mass is 9.90. The van der Waals surface area contributed by atoms with Crippen LogP contribution in [0.2, 0.25) is 0 Å². The molecule has 4 heteroatoms. The first-order valence-corrected chi connectivity index (χ1v) is 10.0. The molecular formula is C24H29NO3. The van der Waals surface area contributed by atoms with Crippen molar-refractivity contribution in [3.05, 3.63) is 84.2 Å². The molecule has 2 atom stereocenters. The van der Waals surface area contributed by atoms with E-state index in [1.165, 1.54) is 5.56 Å². The minimum absolute atomic E-state index is 0.0309. The van der Waals surface area contributed by atoms with E-state index in [-0.39, 0.29) is 11.8 Å². The number of furan rings is 2. The fraction of sp³-hybridized carbons (Fsp3) is 0.375. The molecule has 0 aliphatic rings. The summed E-state index contributed by atoms with van der Waals surface area (Å²) in [4.78, 5) is 12.6. The maximum absolute atomic E-state index is 12.6. The summed E-state index contributed by atoms with van der Waals surface area (Å²) >= 11 is 0. The van der Waals surface area contributed by atoms with Crippen molar-refractivity contribution in [2.24, 2.45) is 5.92 Å². The van der Waals surface area contributed by atoms with E-state index in [1.807, 2.05) is 42.5 Å². The Morgan fingerprint density at radius 1 is 0.929 bits per heavy atom. The van der Waals surface area contributed by atoms with Crippen molar-refractivity contribution in [1.29, 1.82) is 0 Å². The average molecular weight is 380 g/mol. The Labute approximate surface area is 166 Å². The zero-order valence-electron chi connectivity index (χ0n) is 16.6. The van der Waals surface area contributed by atoms with Gasteiger partial charge in [0.25, 0.3) is 0 Å². The number of hydrogen-bond donors (Lipinski definition) is 1. The summed E-state index contributed by atoms with van der Waals surface area (Å²) in [6.45, 7) is 5.00. The van der Waals surface area contributed by atoms with E-state index in [0.29, 0.717) is 24.8 Å². The van der Waals surface area contributed by atoms with Gasteiger partial charge in [-0.25, -0.2) is 0 Å². The van der Waals surface area contributed by atoms with Crippen molar-refractivity contribution in [2.45, 2.75) is 44.9 Å². The lowest BCUT2D eigenvalue weighted by Crippen LogP contribution is -2.28. The molecule has 0 saturated heterocycles. The van der Waals surface area contributed by atoms with Gasteiger partial charge >= 0.3 is 0 Å². The average Bonchev–Trinajstić information content (AvgIpc) is 3.39. The molecule has 0 saturated carbocycles. The third kappa shape index (κ3) is 5.62. The van der Waals surface area contributed by atoms with E-state index in [2.05, 4.69) is 31.3 Å². The van der Waals surface area contributed by atoms with Gasteiger partial charge < -0.3 is 14.2 Å². The maximum atomic E-state index is 12.6. The van der Waals surface area contributed by atoms with Crippen molar-refractivity contribution in [1.82, 2.24) is 5.32 Å². The van der Waals surface area contributed by atoms with Crippen LogP contribution < -0.4 is 5.32 Å². The minimum atomic E-state index is 0.0309. The first-order chi connectivity index (χ1) is 13.6. The zero-order valence-corrected chi connectivity index (χ0v) is 16.6. The molecule has 2 aromatic heterocycles. The van der Waals surface area contributed by atoms with Gasteiger partial charge in [0.2, 0.25) is 5.91 Å². The van der Waals surface area contributed by atoms with Crippen LogP contribution in [0.5, 0.6) is 0 Å². The molecule has 28 heavy (non-hydrogen) atoms. The first kappa shape index (κ1) is 20.0. The van der Waals surface area contributed by atoms with Gasteiger partial charge in [-0.2, -0.15) is 0 Å². The Hall–Kier alpha value is -2.75. The van der Waals surface area contributed by atoms with E-state index < -0.39 is 0 Å². The molecule has 0 spiro atoms. The monoisotopic (exact) mass is 379 g/mol. The highest BCUT2D eigenvalue weighted by Gasteiger charge is 2.21. The molecule has 0 aliphatic carbocycles. The number of rotatable bonds is 10. The molecule has 4 nitrogen and oxygen atoms in total. The van der Waals surface area contributed by atoms with Crippen LogP contribution in [0.25, 0.3) is 0 Å². The van der Waals surface area contributed by atoms with E-state index in [4.69, 9.17) is 8.83 Å². The molecule has 2 heterocycles. The third-order valence-corrected chi connectivity index (χ3v) is 5.19. The summed E-state index contributed by atoms with van der Waals surface area (Å²) in [6.07, 6.45) is 5.43. The van der Waals surface area contributed by atoms with Gasteiger partial charge in [-0.15, -0.1) is 0 Å². The summed E-state index contributed by atoms with van der Waals surface area (Å²) in [6, 6.07) is 18.0. The highest BCUT2D eigenvalue weighted by Crippen LogP contribution is 2.28. The SMILES string of the molecule is CC(C)[C@H](CCNC(=O)C[C@H](Cc1ccccc1)c1ccco1)c1ccco1. The minimum Gasteiger partial charge on any atom is -0.469 e. The lowest BCUT2D eigenvalue weighted by molar-refractivity contribution is -0.121. The second-order valence-corrected chi connectivity index (χ2v) is 7.61. The Bertz CT molecular complexity index is 807. The lowest BCUT2D eigenvalue weighted by Gasteiger charge is -2.19. The standard InChI is InChI=1S/C24H29NO3/c1-18(2)21(23-11-7-15-28-23)12-13-25-24(26)17-20(22-10-6-14-27-22)16-19-8-4-3-5-9-19/h3-11,14-15,18,20-21H,12-13,16-17H2,1-2H3,(H,25,26)/t20-,21-/m0/s1. The molecule has 0 fully saturated rings. The smallest absolute Gasteiger partial charge is 0.220 e. The van der Waals surface area contributed by atoms with Gasteiger partial charge in [-0.05, 0) is 48.6 Å². The third-order valence-electron chi connectivity index (χ3n) is 5.19. The topological polar surface area (TPSA) is 55.4 Å². The van der Waals surface area contributed by atoms with Crippen molar-refractivity contribution < 1.29 is 13.6 Å². The molecule has 0 bridgehead atoms. The maximum Gasteiger partial charge on any atom is 0.220 e. The largest absolute Gasteiger partial charge is 0.469 e. The van der Waals surface area contributed by atoms with Crippen molar-refractivity contribution in [3.63, 3.8) is 0 Å². The second kappa shape index (κ2) is 9.98. The Morgan fingerprint density at radius 3 is 2.21 bits per heavy atom. The Balaban J connectivity index is 1.55. The highest BCUT2D eigenvalue weighted by molar-refractivity contribution is 5.76. The van der Waals surface area contributed by atoms with Gasteiger partial charge in [0.1, 0.15) is 11.5 Å². The van der Waals surface area contributed by atoms with Crippen LogP contribution in [0.15, 0.2) is 76.0 Å². The van der Waals surface area contributed by atoms with Gasteiger partial charge in [-0.1, -0.05) is 44.2 Å². The highest BCUT2D eigenvalue weighted by atomic mass is 16.3. The van der Waals surface area contributed by atoms with Crippen LogP contribution >= 0.6 is 0 Å². The summed E-state index contributed by atoms with van der Waals surface area (Å²) < 4.78 is 11.2. The fourth-order valence-corrected chi connectivity index (χ4v) is 3.66. The van der Waals surface area contributed by atoms with Crippen LogP contribution in [0.3, 0.4) is 0 Å². The molecule has 0 radical (unpaired) electrons. The van der Waals surface area contributed by atoms with E-state index in [9.17, 15) is 4.79 Å². The van der Waals surface area contributed by atoms with Crippen LogP contribution in [-0.4, -0.2) is 12.5 Å². The molecule has 1 N–H and O–H groups in total. The molecule has 1 amide bonds. The first-order valence-electron chi connectivity index (χ1n) is 10.0. The summed E-state index contributed by atoms with van der Waals surface area (Å²) in [7, 11) is 0. The summed E-state index contributed by atoms with van der Waals surface area (Å²) in [5, 5.41) is 3.09. The predicted octanol–water partition coefficient (Wildman–Crippen LogP) is 5.54. The van der Waals surface area contributed by atoms with Gasteiger partial charge in [0.15, 0.2) is 0 Å². The van der Waals surface area contributed by atoms with Crippen LogP contribution in [-0.2, 0) is 11.2 Å². The van der Waals surface area contributed by atoms with Crippen LogP contribution in [0.4, 0.5) is 0 Å². The number of carbonyl (C=O) groups excluding carboxylic acids is 1. The van der Waals surface area contributed by atoms with Crippen molar-refractivity contribution in [2.75, 3.05) is 6.54 Å². The number of benzene rings is 1. The molecule has 148 valence electrons. The van der Waals surface area contributed by atoms with Crippen molar-refractivity contribution in [3.8, 4) is 0 Å². The van der Waals surface area contributed by atoms with E-state index in [1.54, 1.807) is 12.5 Å². The molecule has 0 unspecified atom stereocenters. The normalized spacial score (nSPS) is 13.4. The molecule has 3 aromatic rings. The van der Waals surface area contributed by atoms with E-state index >= 15 is 0 Å². The second-order valence-electron chi connectivity index (χ2n) is 7.61. The quantitative estimate of drug-likeness (QED) is 0.503. The molecule has 3 rings (SSSR count). The summed E-state index contributed by atoms with van der Waals surface area (Å²) in [5.41, 5.74) is 1.20. The molecule has 1 aromatic carbocycles. The predicted molar refractivity (Wildman–Crippen MR) is 110 cm³/mol. The molecular weight excluding hydrogens is 350 g/mol. The van der Waals surface area contributed by atoms with Gasteiger partial charge in [-0.3, -0.25) is 4.79 Å². The number of amides is 1. The zero-order chi connectivity index (χ0) is 19.8. The Morgan fingerprint density at radius 2 is 1.61 bits per heavy atom. The van der Waals surface area contributed by atoms with Crippen LogP contribution in [0, 0.1) is 5.92 Å². The van der Waals surface area contributed by atoms with Crippen LogP contribution in [0.1, 0.15) is 55.6 Å². The fourth-order valence-electron chi connectivity index (χ4n) is 3.66. The van der Waals surface area contributed by atoms with Gasteiger partial charge in [0, 0.05) is 24.8 Å². The number of carbonyl (C=O) groups is 1. The van der Waals surface area contributed by atoms with Gasteiger partial charge in [0.05, 0.1) is 12.5 Å². The summed E-state index contributed by atoms with van der Waals surface area (Å²) in [5.74, 6) is 2.69. The molecule has 0 aliphatic heterocycles. The van der Waals surface area contributed by atoms with E-state index in [0.717, 1.165) is 24.4 Å². The van der Waals surface area contributed by atoms with Crippen molar-refractivity contribution >= 4 is 5.91 Å².